The van der Waals surface area contributed by atoms with Crippen LogP contribution in [0.15, 0.2) is 36.0 Å². The highest BCUT2D eigenvalue weighted by molar-refractivity contribution is 6.06. The number of nitrogens with one attached hydrogen (secondary N) is 1. The second-order valence-electron chi connectivity index (χ2n) is 6.56. The third-order valence-electron chi connectivity index (χ3n) is 4.91. The Morgan fingerprint density at radius 1 is 1.42 bits per heavy atom. The van der Waals surface area contributed by atoms with Crippen molar-refractivity contribution >= 4 is 17.7 Å². The molecule has 2 aliphatic heterocycles. The maximum Gasteiger partial charge on any atom is 0.255 e. The van der Waals surface area contributed by atoms with Gasteiger partial charge in [0.05, 0.1) is 0 Å². The van der Waals surface area contributed by atoms with E-state index in [9.17, 15) is 14.4 Å². The minimum Gasteiger partial charge on any atom is -0.322 e. The Labute approximate surface area is 143 Å². The summed E-state index contributed by atoms with van der Waals surface area (Å²) in [5.41, 5.74) is 2.36. The average molecular weight is 330 g/mol. The molecule has 0 saturated carbocycles. The fourth-order valence-electron chi connectivity index (χ4n) is 3.31. The van der Waals surface area contributed by atoms with Gasteiger partial charge in [-0.05, 0) is 29.9 Å². The van der Waals surface area contributed by atoms with Crippen molar-refractivity contribution in [2.45, 2.75) is 52.0 Å². The topological polar surface area (TPSA) is 66.5 Å². The molecule has 5 nitrogen and oxygen atoms in total. The average Bonchev–Trinajstić information content (AvgIpc) is 2.88. The van der Waals surface area contributed by atoms with Gasteiger partial charge >= 0.3 is 0 Å². The van der Waals surface area contributed by atoms with Gasteiger partial charge in [-0.3, -0.25) is 19.7 Å². The van der Waals surface area contributed by atoms with Crippen molar-refractivity contribution in [3.05, 3.63) is 36.0 Å². The van der Waals surface area contributed by atoms with Crippen LogP contribution in [0.4, 0.5) is 0 Å². The number of hydrogen-bond donors (Lipinski definition) is 1. The zero-order chi connectivity index (χ0) is 17.9. The van der Waals surface area contributed by atoms with E-state index in [4.69, 9.17) is 0 Å². The molecule has 0 radical (unpaired) electrons. The maximum atomic E-state index is 12.7. The summed E-state index contributed by atoms with van der Waals surface area (Å²) in [4.78, 5) is 37.7. The van der Waals surface area contributed by atoms with Crippen LogP contribution in [-0.2, 0) is 14.4 Å². The Morgan fingerprint density at radius 3 is 2.71 bits per heavy atom. The molecular weight excluding hydrogens is 304 g/mol. The first-order chi connectivity index (χ1) is 11.4. The smallest absolute Gasteiger partial charge is 0.255 e. The summed E-state index contributed by atoms with van der Waals surface area (Å²) in [5, 5.41) is 2.32. The molecular formula is C19H26N2O3. The van der Waals surface area contributed by atoms with Crippen molar-refractivity contribution in [1.82, 2.24) is 10.2 Å². The number of carbonyl (C=O) groups is 3. The van der Waals surface area contributed by atoms with E-state index in [0.717, 1.165) is 30.4 Å². The lowest BCUT2D eigenvalue weighted by atomic mass is 9.89. The van der Waals surface area contributed by atoms with Gasteiger partial charge in [0.25, 0.3) is 5.91 Å². The number of amides is 3. The Morgan fingerprint density at radius 2 is 2.12 bits per heavy atom. The van der Waals surface area contributed by atoms with E-state index in [-0.39, 0.29) is 24.2 Å². The molecule has 0 aromatic carbocycles. The molecule has 0 aliphatic carbocycles. The lowest BCUT2D eigenvalue weighted by Gasteiger charge is -2.30. The molecule has 0 aromatic heterocycles. The van der Waals surface area contributed by atoms with E-state index >= 15 is 0 Å². The number of rotatable bonds is 7. The second-order valence-corrected chi connectivity index (χ2v) is 6.56. The molecule has 130 valence electrons. The molecule has 1 N–H and O–H groups in total. The molecule has 2 unspecified atom stereocenters. The minimum atomic E-state index is -0.596. The highest BCUT2D eigenvalue weighted by Crippen LogP contribution is 2.33. The lowest BCUT2D eigenvalue weighted by molar-refractivity contribution is -0.142. The molecule has 2 atom stereocenters. The Bertz CT molecular complexity index is 618. The third-order valence-corrected chi connectivity index (χ3v) is 4.91. The van der Waals surface area contributed by atoms with Crippen molar-refractivity contribution in [1.29, 1.82) is 0 Å². The summed E-state index contributed by atoms with van der Waals surface area (Å²) in [6.07, 6.45) is 5.43. The molecule has 0 bridgehead atoms. The zero-order valence-electron chi connectivity index (χ0n) is 14.6. The SMILES string of the molecule is C=CC1=C(C(=C)C(C)CCCC)CN(C2CCC(=O)NC2=O)C1=O. The van der Waals surface area contributed by atoms with Crippen LogP contribution in [0.5, 0.6) is 0 Å². The second kappa shape index (κ2) is 7.60. The Balaban J connectivity index is 2.18. The predicted octanol–water partition coefficient (Wildman–Crippen LogP) is 2.50. The molecule has 1 saturated heterocycles. The molecule has 24 heavy (non-hydrogen) atoms. The quantitative estimate of drug-likeness (QED) is 0.729. The fraction of sp³-hybridized carbons (Fsp3) is 0.526. The molecule has 0 aromatic rings. The van der Waals surface area contributed by atoms with Crippen LogP contribution in [0.1, 0.15) is 46.0 Å². The number of unbranched alkanes of at least 4 members (excludes halogenated alkanes) is 1. The first kappa shape index (κ1) is 18.2. The number of hydrogen-bond acceptors (Lipinski definition) is 3. The molecule has 2 heterocycles. The minimum absolute atomic E-state index is 0.196. The van der Waals surface area contributed by atoms with E-state index < -0.39 is 11.9 Å². The Kier molecular flexibility index (Phi) is 5.75. The van der Waals surface area contributed by atoms with Gasteiger partial charge in [-0.25, -0.2) is 0 Å². The van der Waals surface area contributed by atoms with Gasteiger partial charge in [0.1, 0.15) is 6.04 Å². The van der Waals surface area contributed by atoms with E-state index in [1.54, 1.807) is 11.0 Å². The monoisotopic (exact) mass is 330 g/mol. The van der Waals surface area contributed by atoms with Crippen molar-refractivity contribution in [2.24, 2.45) is 5.92 Å². The van der Waals surface area contributed by atoms with E-state index in [2.05, 4.69) is 32.3 Å². The highest BCUT2D eigenvalue weighted by Gasteiger charge is 2.40. The molecule has 2 rings (SSSR count). The summed E-state index contributed by atoms with van der Waals surface area (Å²) < 4.78 is 0. The van der Waals surface area contributed by atoms with Crippen LogP contribution in [-0.4, -0.2) is 35.2 Å². The van der Waals surface area contributed by atoms with Gasteiger partial charge in [-0.2, -0.15) is 0 Å². The fourth-order valence-corrected chi connectivity index (χ4v) is 3.31. The van der Waals surface area contributed by atoms with Crippen LogP contribution in [0, 0.1) is 5.92 Å². The first-order valence-corrected chi connectivity index (χ1v) is 8.60. The summed E-state index contributed by atoms with van der Waals surface area (Å²) in [5.74, 6) is -0.589. The Hall–Kier alpha value is -2.17. The van der Waals surface area contributed by atoms with Crippen LogP contribution >= 0.6 is 0 Å². The summed E-state index contributed by atoms with van der Waals surface area (Å²) >= 11 is 0. The van der Waals surface area contributed by atoms with Gasteiger partial charge in [-0.1, -0.05) is 45.9 Å². The molecule has 2 aliphatic rings. The van der Waals surface area contributed by atoms with E-state index in [0.29, 0.717) is 18.5 Å². The van der Waals surface area contributed by atoms with Crippen molar-refractivity contribution in [3.8, 4) is 0 Å². The van der Waals surface area contributed by atoms with Gasteiger partial charge in [0.15, 0.2) is 0 Å². The van der Waals surface area contributed by atoms with Gasteiger partial charge in [-0.15, -0.1) is 0 Å². The number of piperidine rings is 1. The summed E-state index contributed by atoms with van der Waals surface area (Å²) in [6.45, 7) is 12.6. The van der Waals surface area contributed by atoms with E-state index in [1.807, 2.05) is 0 Å². The van der Waals surface area contributed by atoms with Crippen LogP contribution in [0.3, 0.4) is 0 Å². The van der Waals surface area contributed by atoms with Crippen molar-refractivity contribution in [3.63, 3.8) is 0 Å². The number of carbonyl (C=O) groups excluding carboxylic acids is 3. The summed E-state index contributed by atoms with van der Waals surface area (Å²) in [7, 11) is 0. The van der Waals surface area contributed by atoms with Crippen molar-refractivity contribution < 1.29 is 14.4 Å². The molecule has 0 spiro atoms. The molecule has 3 amide bonds. The third kappa shape index (κ3) is 3.50. The normalized spacial score (nSPS) is 22.7. The predicted molar refractivity (Wildman–Crippen MR) is 92.9 cm³/mol. The summed E-state index contributed by atoms with van der Waals surface area (Å²) in [6, 6.07) is -0.596. The number of imide groups is 1. The largest absolute Gasteiger partial charge is 0.322 e. The zero-order valence-corrected chi connectivity index (χ0v) is 14.6. The van der Waals surface area contributed by atoms with E-state index in [1.165, 1.54) is 0 Å². The first-order valence-electron chi connectivity index (χ1n) is 8.60. The standard InChI is InChI=1S/C19H26N2O3/c1-5-7-8-12(3)13(4)15-11-21(19(24)14(15)6-2)16-9-10-17(22)20-18(16)23/h6,12,16H,2,4-5,7-11H2,1,3H3,(H,20,22,23). The van der Waals surface area contributed by atoms with Crippen LogP contribution < -0.4 is 5.32 Å². The van der Waals surface area contributed by atoms with Crippen LogP contribution in [0.25, 0.3) is 0 Å². The van der Waals surface area contributed by atoms with Gasteiger partial charge in [0.2, 0.25) is 11.8 Å². The molecule has 5 heteroatoms. The highest BCUT2D eigenvalue weighted by atomic mass is 16.2. The number of nitrogens with zero attached hydrogens (tertiary/aromatic N) is 1. The van der Waals surface area contributed by atoms with Gasteiger partial charge in [0, 0.05) is 18.5 Å². The van der Waals surface area contributed by atoms with Gasteiger partial charge < -0.3 is 4.90 Å². The molecule has 1 fully saturated rings. The van der Waals surface area contributed by atoms with Crippen molar-refractivity contribution in [2.75, 3.05) is 6.54 Å². The lowest BCUT2D eigenvalue weighted by Crippen LogP contribution is -2.53. The maximum absolute atomic E-state index is 12.7. The van der Waals surface area contributed by atoms with Crippen LogP contribution in [0.2, 0.25) is 0 Å².